The van der Waals surface area contributed by atoms with Gasteiger partial charge in [-0.1, -0.05) is 30.3 Å². The maximum Gasteiger partial charge on any atom is 0.0981 e. The van der Waals surface area contributed by atoms with Crippen molar-refractivity contribution in [2.75, 3.05) is 13.1 Å². The predicted molar refractivity (Wildman–Crippen MR) is 55.1 cm³/mol. The molecule has 2 heterocycles. The highest BCUT2D eigenvalue weighted by Gasteiger charge is 2.48. The summed E-state index contributed by atoms with van der Waals surface area (Å²) < 4.78 is 5.43. The molecule has 0 radical (unpaired) electrons. The number of ether oxygens (including phenoxy) is 1. The number of fused-ring (bicyclic) bond motifs is 1. The molecule has 2 nitrogen and oxygen atoms in total. The van der Waals surface area contributed by atoms with Crippen molar-refractivity contribution in [3.63, 3.8) is 0 Å². The Kier molecular flexibility index (Phi) is 1.85. The maximum absolute atomic E-state index is 5.43. The first-order valence-electron chi connectivity index (χ1n) is 5.29. The van der Waals surface area contributed by atoms with E-state index in [0.29, 0.717) is 18.2 Å². The van der Waals surface area contributed by atoms with Crippen molar-refractivity contribution in [3.8, 4) is 0 Å². The molecule has 2 saturated heterocycles. The molecule has 0 spiro atoms. The van der Waals surface area contributed by atoms with Gasteiger partial charge in [0.15, 0.2) is 0 Å². The number of likely N-dealkylation sites (tertiary alicyclic amines) is 1. The highest BCUT2D eigenvalue weighted by atomic mass is 16.6. The third kappa shape index (κ3) is 1.35. The highest BCUT2D eigenvalue weighted by molar-refractivity contribution is 5.19. The van der Waals surface area contributed by atoms with Crippen LogP contribution in [0.15, 0.2) is 30.3 Å². The summed E-state index contributed by atoms with van der Waals surface area (Å²) in [5, 5.41) is 0. The van der Waals surface area contributed by atoms with Gasteiger partial charge in [0.1, 0.15) is 0 Å². The van der Waals surface area contributed by atoms with E-state index in [0.717, 1.165) is 13.1 Å². The van der Waals surface area contributed by atoms with Gasteiger partial charge >= 0.3 is 0 Å². The molecule has 1 aromatic carbocycles. The number of epoxide rings is 1. The lowest BCUT2D eigenvalue weighted by Crippen LogP contribution is -2.27. The summed E-state index contributed by atoms with van der Waals surface area (Å²) >= 11 is 0. The van der Waals surface area contributed by atoms with E-state index in [-0.39, 0.29) is 0 Å². The molecule has 1 aromatic rings. The fourth-order valence-corrected chi connectivity index (χ4v) is 2.30. The average Bonchev–Trinajstić information content (AvgIpc) is 2.86. The second-order valence-corrected chi connectivity index (χ2v) is 4.25. The van der Waals surface area contributed by atoms with E-state index in [4.69, 9.17) is 4.74 Å². The molecule has 3 rings (SSSR count). The van der Waals surface area contributed by atoms with E-state index in [1.165, 1.54) is 5.56 Å². The molecular formula is C12H15NO. The number of nitrogens with zero attached hydrogens (tertiary/aromatic N) is 1. The number of hydrogen-bond acceptors (Lipinski definition) is 2. The van der Waals surface area contributed by atoms with Gasteiger partial charge in [0.25, 0.3) is 0 Å². The van der Waals surface area contributed by atoms with E-state index in [9.17, 15) is 0 Å². The Balaban J connectivity index is 1.73. The summed E-state index contributed by atoms with van der Waals surface area (Å²) in [7, 11) is 0. The standard InChI is InChI=1S/C12H15NO/c1-9(10-5-3-2-4-6-10)13-7-11-12(8-13)14-11/h2-6,9,11-12H,7-8H2,1H3/t9?,11-,12-/m0/s1. The van der Waals surface area contributed by atoms with Gasteiger partial charge in [0.2, 0.25) is 0 Å². The van der Waals surface area contributed by atoms with Crippen LogP contribution in [0.3, 0.4) is 0 Å². The monoisotopic (exact) mass is 189 g/mol. The molecule has 2 aliphatic rings. The van der Waals surface area contributed by atoms with Crippen molar-refractivity contribution in [2.45, 2.75) is 25.2 Å². The van der Waals surface area contributed by atoms with E-state index in [1.807, 2.05) is 0 Å². The third-order valence-electron chi connectivity index (χ3n) is 3.35. The Morgan fingerprint density at radius 1 is 1.21 bits per heavy atom. The fraction of sp³-hybridized carbons (Fsp3) is 0.500. The SMILES string of the molecule is CC(c1ccccc1)N1C[C@@H]2O[C@H]2C1. The minimum Gasteiger partial charge on any atom is -0.367 e. The molecule has 14 heavy (non-hydrogen) atoms. The maximum atomic E-state index is 5.43. The zero-order valence-corrected chi connectivity index (χ0v) is 8.39. The third-order valence-corrected chi connectivity index (χ3v) is 3.35. The van der Waals surface area contributed by atoms with Crippen molar-refractivity contribution < 1.29 is 4.74 Å². The average molecular weight is 189 g/mol. The summed E-state index contributed by atoms with van der Waals surface area (Å²) in [5.74, 6) is 0. The summed E-state index contributed by atoms with van der Waals surface area (Å²) in [6, 6.07) is 11.2. The normalized spacial score (nSPS) is 32.6. The largest absolute Gasteiger partial charge is 0.367 e. The van der Waals surface area contributed by atoms with Crippen LogP contribution < -0.4 is 0 Å². The Labute approximate surface area is 84.5 Å². The second kappa shape index (κ2) is 3.07. The topological polar surface area (TPSA) is 15.8 Å². The fourth-order valence-electron chi connectivity index (χ4n) is 2.30. The number of hydrogen-bond donors (Lipinski definition) is 0. The lowest BCUT2D eigenvalue weighted by molar-refractivity contribution is 0.165. The van der Waals surface area contributed by atoms with E-state index >= 15 is 0 Å². The minimum absolute atomic E-state index is 0.535. The summed E-state index contributed by atoms with van der Waals surface area (Å²) in [6.07, 6.45) is 1.09. The zero-order chi connectivity index (χ0) is 9.54. The van der Waals surface area contributed by atoms with Gasteiger partial charge in [0, 0.05) is 19.1 Å². The van der Waals surface area contributed by atoms with E-state index in [2.05, 4.69) is 42.2 Å². The van der Waals surface area contributed by atoms with Crippen molar-refractivity contribution in [1.82, 2.24) is 4.90 Å². The Hall–Kier alpha value is -0.860. The van der Waals surface area contributed by atoms with Crippen LogP contribution in [-0.4, -0.2) is 30.2 Å². The molecule has 2 heteroatoms. The molecule has 1 unspecified atom stereocenters. The van der Waals surface area contributed by atoms with Gasteiger partial charge in [-0.3, -0.25) is 4.90 Å². The molecule has 0 saturated carbocycles. The Morgan fingerprint density at radius 3 is 2.50 bits per heavy atom. The summed E-state index contributed by atoms with van der Waals surface area (Å²) in [5.41, 5.74) is 1.41. The van der Waals surface area contributed by atoms with Crippen LogP contribution in [0.5, 0.6) is 0 Å². The first-order chi connectivity index (χ1) is 6.84. The highest BCUT2D eigenvalue weighted by Crippen LogP contribution is 2.35. The molecule has 2 aliphatic heterocycles. The van der Waals surface area contributed by atoms with Crippen molar-refractivity contribution >= 4 is 0 Å². The van der Waals surface area contributed by atoms with Crippen LogP contribution in [-0.2, 0) is 4.74 Å². The summed E-state index contributed by atoms with van der Waals surface area (Å²) in [6.45, 7) is 4.50. The number of benzene rings is 1. The predicted octanol–water partition coefficient (Wildman–Crippen LogP) is 1.83. The first kappa shape index (κ1) is 8.45. The van der Waals surface area contributed by atoms with Gasteiger partial charge in [0.05, 0.1) is 12.2 Å². The molecule has 3 atom stereocenters. The van der Waals surface area contributed by atoms with Crippen LogP contribution in [0.2, 0.25) is 0 Å². The molecule has 0 amide bonds. The van der Waals surface area contributed by atoms with Gasteiger partial charge in [-0.25, -0.2) is 0 Å². The van der Waals surface area contributed by atoms with Crippen LogP contribution in [0.25, 0.3) is 0 Å². The van der Waals surface area contributed by atoms with Gasteiger partial charge in [-0.2, -0.15) is 0 Å². The minimum atomic E-state index is 0.535. The lowest BCUT2D eigenvalue weighted by Gasteiger charge is -2.25. The summed E-state index contributed by atoms with van der Waals surface area (Å²) in [4.78, 5) is 2.51. The molecule has 0 aromatic heterocycles. The Morgan fingerprint density at radius 2 is 1.86 bits per heavy atom. The van der Waals surface area contributed by atoms with Gasteiger partial charge in [-0.15, -0.1) is 0 Å². The van der Waals surface area contributed by atoms with Crippen LogP contribution >= 0.6 is 0 Å². The molecular weight excluding hydrogens is 174 g/mol. The van der Waals surface area contributed by atoms with E-state index in [1.54, 1.807) is 0 Å². The molecule has 0 N–H and O–H groups in total. The lowest BCUT2D eigenvalue weighted by atomic mass is 10.1. The van der Waals surface area contributed by atoms with Crippen molar-refractivity contribution in [3.05, 3.63) is 35.9 Å². The molecule has 74 valence electrons. The van der Waals surface area contributed by atoms with Gasteiger partial charge in [-0.05, 0) is 12.5 Å². The van der Waals surface area contributed by atoms with E-state index < -0.39 is 0 Å². The van der Waals surface area contributed by atoms with Gasteiger partial charge < -0.3 is 4.74 Å². The molecule has 0 aliphatic carbocycles. The van der Waals surface area contributed by atoms with Crippen molar-refractivity contribution in [2.24, 2.45) is 0 Å². The number of morpholine rings is 1. The van der Waals surface area contributed by atoms with Crippen LogP contribution in [0.4, 0.5) is 0 Å². The van der Waals surface area contributed by atoms with Crippen LogP contribution in [0, 0.1) is 0 Å². The quantitative estimate of drug-likeness (QED) is 0.660. The number of rotatable bonds is 2. The van der Waals surface area contributed by atoms with Crippen molar-refractivity contribution in [1.29, 1.82) is 0 Å². The smallest absolute Gasteiger partial charge is 0.0981 e. The molecule has 2 fully saturated rings. The molecule has 0 bridgehead atoms. The Bertz CT molecular complexity index is 314. The van der Waals surface area contributed by atoms with Crippen LogP contribution in [0.1, 0.15) is 18.5 Å². The zero-order valence-electron chi connectivity index (χ0n) is 8.39. The second-order valence-electron chi connectivity index (χ2n) is 4.25. The first-order valence-corrected chi connectivity index (χ1v) is 5.29.